The molecule has 0 bridgehead atoms. The maximum Gasteiger partial charge on any atom is 0.297 e. The fourth-order valence-corrected chi connectivity index (χ4v) is 1.13. The molecule has 0 aliphatic rings. The van der Waals surface area contributed by atoms with Crippen LogP contribution in [-0.4, -0.2) is 23.1 Å². The molecule has 0 aromatic rings. The van der Waals surface area contributed by atoms with E-state index >= 15 is 0 Å². The number of carbonyl (C=O) groups is 2. The van der Waals surface area contributed by atoms with Crippen LogP contribution in [0.5, 0.6) is 0 Å². The van der Waals surface area contributed by atoms with Crippen LogP contribution < -0.4 is 4.89 Å². The van der Waals surface area contributed by atoms with Gasteiger partial charge in [-0.3, -0.25) is 9.59 Å². The van der Waals surface area contributed by atoms with Gasteiger partial charge in [-0.25, -0.2) is 0 Å². The number of hydrogen-bond acceptors (Lipinski definition) is 4. The molecule has 6 heteroatoms. The first-order valence-electron chi connectivity index (χ1n) is 3.86. The molecule has 1 amide bonds. The fourth-order valence-electron chi connectivity index (χ4n) is 0.672. The summed E-state index contributed by atoms with van der Waals surface area (Å²) in [6.07, 6.45) is -0.410. The molecule has 0 aromatic heterocycles. The summed E-state index contributed by atoms with van der Waals surface area (Å²) >= 11 is 0. The lowest BCUT2D eigenvalue weighted by atomic mass is 10.0. The third-order valence-electron chi connectivity index (χ3n) is 1.53. The molecule has 0 radical (unpaired) electrons. The minimum atomic E-state index is -2.25. The zero-order chi connectivity index (χ0) is 10.4. The summed E-state index contributed by atoms with van der Waals surface area (Å²) in [7, 11) is -2.25. The number of aliphatic hydroxyl groups is 1. The van der Waals surface area contributed by atoms with Gasteiger partial charge in [0.15, 0.2) is 0 Å². The Labute approximate surface area is 77.3 Å². The van der Waals surface area contributed by atoms with Crippen LogP contribution >= 0.6 is 7.94 Å². The Morgan fingerprint density at radius 3 is 2.54 bits per heavy atom. The van der Waals surface area contributed by atoms with Crippen molar-refractivity contribution in [2.75, 3.05) is 6.35 Å². The van der Waals surface area contributed by atoms with Crippen molar-refractivity contribution < 1.29 is 19.6 Å². The number of aliphatic hydroxyl groups excluding tert-OH is 1. The lowest BCUT2D eigenvalue weighted by molar-refractivity contribution is -0.159. The summed E-state index contributed by atoms with van der Waals surface area (Å²) in [5.74, 6) is -1.81. The number of rotatable bonds is 4. The Balaban J connectivity index is 4.35. The van der Waals surface area contributed by atoms with Crippen LogP contribution in [0.25, 0.3) is 0 Å². The molecule has 1 N–H and O–H groups in total. The molecule has 0 fully saturated rings. The van der Waals surface area contributed by atoms with Crippen molar-refractivity contribution >= 4 is 19.6 Å². The van der Waals surface area contributed by atoms with E-state index in [1.54, 1.807) is 6.92 Å². The Bertz CT molecular complexity index is 239. The minimum Gasteiger partial charge on any atom is -0.610 e. The van der Waals surface area contributed by atoms with E-state index in [0.29, 0.717) is 0 Å². The van der Waals surface area contributed by atoms with Gasteiger partial charge in [-0.05, 0) is 11.7 Å². The Kier molecular flexibility index (Phi) is 5.62. The number of carbonyl (C=O) groups excluding carboxylic acids is 2. The monoisotopic (exact) mass is 205 g/mol. The van der Waals surface area contributed by atoms with Gasteiger partial charge in [0.1, 0.15) is 5.78 Å². The van der Waals surface area contributed by atoms with E-state index in [0.717, 1.165) is 0 Å². The molecule has 74 valence electrons. The molecular formula is C7H12NO4P. The van der Waals surface area contributed by atoms with Crippen molar-refractivity contribution in [1.82, 2.24) is 0 Å². The quantitative estimate of drug-likeness (QED) is 0.517. The second-order valence-electron chi connectivity index (χ2n) is 2.47. The molecule has 0 saturated heterocycles. The maximum absolute atomic E-state index is 11.0. The van der Waals surface area contributed by atoms with Gasteiger partial charge in [-0.1, -0.05) is 6.92 Å². The average Bonchev–Trinajstić information content (AvgIpc) is 2.14. The van der Waals surface area contributed by atoms with Crippen LogP contribution in [0, 0.1) is 5.92 Å². The van der Waals surface area contributed by atoms with Gasteiger partial charge >= 0.3 is 0 Å². The summed E-state index contributed by atoms with van der Waals surface area (Å²) in [4.78, 5) is 32.7. The zero-order valence-corrected chi connectivity index (χ0v) is 8.45. The van der Waals surface area contributed by atoms with E-state index in [2.05, 4.69) is 4.74 Å². The second kappa shape index (κ2) is 5.91. The van der Waals surface area contributed by atoms with Gasteiger partial charge < -0.3 is 10.00 Å². The van der Waals surface area contributed by atoms with Crippen LogP contribution in [-0.2, 0) is 9.59 Å². The largest absolute Gasteiger partial charge is 0.610 e. The fraction of sp³-hybridized carbons (Fsp3) is 0.714. The smallest absolute Gasteiger partial charge is 0.297 e. The van der Waals surface area contributed by atoms with E-state index < -0.39 is 26.1 Å². The molecule has 0 aliphatic heterocycles. The molecule has 5 nitrogen and oxygen atoms in total. The van der Waals surface area contributed by atoms with Crippen molar-refractivity contribution in [1.29, 1.82) is 0 Å². The van der Waals surface area contributed by atoms with Crippen LogP contribution in [0.4, 0.5) is 0 Å². The topological polar surface area (TPSA) is 89.8 Å². The third-order valence-corrected chi connectivity index (χ3v) is 2.20. The lowest BCUT2D eigenvalue weighted by Gasteiger charge is -2.01. The number of nitrogens with zero attached hydrogens (tertiary/aromatic N) is 1. The van der Waals surface area contributed by atoms with Gasteiger partial charge in [0.2, 0.25) is 14.3 Å². The standard InChI is InChI=1S/C7H12NO4P/c1-3-6(10)5(2)7(11)8-13(12)4-9/h5,9H,3-4H2,1-2H3. The molecule has 2 atom stereocenters. The van der Waals surface area contributed by atoms with E-state index in [-0.39, 0.29) is 12.2 Å². The van der Waals surface area contributed by atoms with Crippen molar-refractivity contribution in [2.45, 2.75) is 20.3 Å². The van der Waals surface area contributed by atoms with E-state index in [4.69, 9.17) is 5.11 Å². The summed E-state index contributed by atoms with van der Waals surface area (Å²) in [6, 6.07) is 0. The first-order chi connectivity index (χ1) is 6.02. The summed E-state index contributed by atoms with van der Waals surface area (Å²) in [6.45, 7) is 3.05. The van der Waals surface area contributed by atoms with Gasteiger partial charge in [-0.2, -0.15) is 0 Å². The van der Waals surface area contributed by atoms with Crippen LogP contribution in [0.3, 0.4) is 0 Å². The number of ketones is 1. The Morgan fingerprint density at radius 1 is 1.62 bits per heavy atom. The van der Waals surface area contributed by atoms with Gasteiger partial charge in [0.25, 0.3) is 5.91 Å². The zero-order valence-electron chi connectivity index (χ0n) is 7.56. The number of amides is 1. The van der Waals surface area contributed by atoms with Gasteiger partial charge in [-0.15, -0.1) is 0 Å². The molecular weight excluding hydrogens is 193 g/mol. The van der Waals surface area contributed by atoms with Gasteiger partial charge in [0, 0.05) is 6.42 Å². The van der Waals surface area contributed by atoms with E-state index in [1.165, 1.54) is 6.92 Å². The molecule has 0 saturated carbocycles. The van der Waals surface area contributed by atoms with Crippen LogP contribution in [0.15, 0.2) is 4.74 Å². The first-order valence-corrected chi connectivity index (χ1v) is 5.26. The van der Waals surface area contributed by atoms with Crippen molar-refractivity contribution in [3.8, 4) is 0 Å². The minimum absolute atomic E-state index is 0.241. The number of Topliss-reactive ketones (excluding diaryl/α,β-unsaturated/α-hetero) is 1. The van der Waals surface area contributed by atoms with Crippen LogP contribution in [0.2, 0.25) is 0 Å². The third kappa shape index (κ3) is 4.22. The normalized spacial score (nSPS) is 14.0. The van der Waals surface area contributed by atoms with E-state index in [1.807, 2.05) is 0 Å². The highest BCUT2D eigenvalue weighted by atomic mass is 31.1. The van der Waals surface area contributed by atoms with Crippen molar-refractivity contribution in [3.05, 3.63) is 0 Å². The Morgan fingerprint density at radius 2 is 2.15 bits per heavy atom. The van der Waals surface area contributed by atoms with E-state index in [9.17, 15) is 14.5 Å². The van der Waals surface area contributed by atoms with Crippen molar-refractivity contribution in [3.63, 3.8) is 0 Å². The summed E-state index contributed by atoms with van der Waals surface area (Å²) < 4.78 is 3.16. The molecule has 13 heavy (non-hydrogen) atoms. The highest BCUT2D eigenvalue weighted by Crippen LogP contribution is 2.14. The highest BCUT2D eigenvalue weighted by molar-refractivity contribution is 7.39. The highest BCUT2D eigenvalue weighted by Gasteiger charge is 2.21. The maximum atomic E-state index is 11.0. The lowest BCUT2D eigenvalue weighted by Crippen LogP contribution is -2.18. The summed E-state index contributed by atoms with van der Waals surface area (Å²) in [5, 5.41) is 8.35. The number of hydrogen-bond donors (Lipinski definition) is 1. The molecule has 0 aliphatic carbocycles. The summed E-state index contributed by atoms with van der Waals surface area (Å²) in [5.41, 5.74) is 0. The molecule has 0 spiro atoms. The molecule has 0 rings (SSSR count). The predicted octanol–water partition coefficient (Wildman–Crippen LogP) is 0.0188. The average molecular weight is 205 g/mol. The van der Waals surface area contributed by atoms with Gasteiger partial charge in [0.05, 0.1) is 5.92 Å². The second-order valence-corrected chi connectivity index (χ2v) is 3.66. The molecule has 2 unspecified atom stereocenters. The molecule has 0 heterocycles. The first kappa shape index (κ1) is 12.4. The predicted molar refractivity (Wildman–Crippen MR) is 45.9 cm³/mol. The molecule has 0 aromatic carbocycles. The Hall–Kier alpha value is -0.640. The van der Waals surface area contributed by atoms with Crippen molar-refractivity contribution in [2.24, 2.45) is 10.7 Å². The van der Waals surface area contributed by atoms with Crippen LogP contribution in [0.1, 0.15) is 20.3 Å². The SMILES string of the molecule is CCC(=O)C(C)C(=O)N=[P+]([O-])CO.